The minimum Gasteiger partial charge on any atom is -0.444 e. The van der Waals surface area contributed by atoms with E-state index in [0.717, 1.165) is 5.69 Å². The van der Waals surface area contributed by atoms with Crippen molar-refractivity contribution in [2.24, 2.45) is 11.8 Å². The standard InChI is InChI=1S/C21H33N3O3/c1-15(23(6)18-10-8-7-9-11-18)12-22-19(25)16(2)17-13-24(14-17)20(26)27-21(3,4)5/h7-11,15-17H,12-14H2,1-6H3,(H,22,25). The number of carbonyl (C=O) groups is 2. The Hall–Kier alpha value is -2.24. The fourth-order valence-electron chi connectivity index (χ4n) is 2.98. The molecular weight excluding hydrogens is 342 g/mol. The molecule has 27 heavy (non-hydrogen) atoms. The van der Waals surface area contributed by atoms with Crippen molar-refractivity contribution >= 4 is 17.7 Å². The van der Waals surface area contributed by atoms with Crippen molar-refractivity contribution in [2.45, 2.75) is 46.3 Å². The third kappa shape index (κ3) is 5.88. The predicted octanol–water partition coefficient (Wildman–Crippen LogP) is 3.13. The number of nitrogens with one attached hydrogen (secondary N) is 1. The topological polar surface area (TPSA) is 61.9 Å². The minimum absolute atomic E-state index is 0.0390. The van der Waals surface area contributed by atoms with Crippen molar-refractivity contribution < 1.29 is 14.3 Å². The molecule has 1 aliphatic rings. The first kappa shape index (κ1) is 21.1. The Morgan fingerprint density at radius 2 is 1.81 bits per heavy atom. The molecule has 1 aromatic carbocycles. The molecule has 1 aliphatic heterocycles. The smallest absolute Gasteiger partial charge is 0.410 e. The highest BCUT2D eigenvalue weighted by atomic mass is 16.6. The molecule has 1 saturated heterocycles. The van der Waals surface area contributed by atoms with Gasteiger partial charge in [0.05, 0.1) is 0 Å². The molecule has 6 nitrogen and oxygen atoms in total. The first-order chi connectivity index (χ1) is 12.6. The van der Waals surface area contributed by atoms with Crippen LogP contribution in [0.15, 0.2) is 30.3 Å². The van der Waals surface area contributed by atoms with E-state index in [9.17, 15) is 9.59 Å². The number of nitrogens with zero attached hydrogens (tertiary/aromatic N) is 2. The summed E-state index contributed by atoms with van der Waals surface area (Å²) in [6, 6.07) is 10.3. The molecule has 0 spiro atoms. The van der Waals surface area contributed by atoms with Gasteiger partial charge in [0.15, 0.2) is 0 Å². The van der Waals surface area contributed by atoms with E-state index in [4.69, 9.17) is 4.74 Å². The second-order valence-electron chi connectivity index (χ2n) is 8.47. The summed E-state index contributed by atoms with van der Waals surface area (Å²) in [6.45, 7) is 11.3. The summed E-state index contributed by atoms with van der Waals surface area (Å²) in [7, 11) is 2.03. The van der Waals surface area contributed by atoms with Crippen LogP contribution in [0.4, 0.5) is 10.5 Å². The molecule has 0 bridgehead atoms. The van der Waals surface area contributed by atoms with Crippen LogP contribution in [0.5, 0.6) is 0 Å². The second kappa shape index (κ2) is 8.63. The number of ether oxygens (including phenoxy) is 1. The van der Waals surface area contributed by atoms with Crippen molar-refractivity contribution in [3.63, 3.8) is 0 Å². The Bertz CT molecular complexity index is 636. The Morgan fingerprint density at radius 3 is 2.37 bits per heavy atom. The van der Waals surface area contributed by atoms with Crippen LogP contribution in [0.1, 0.15) is 34.6 Å². The lowest BCUT2D eigenvalue weighted by molar-refractivity contribution is -0.128. The van der Waals surface area contributed by atoms with Gasteiger partial charge >= 0.3 is 6.09 Å². The number of anilines is 1. The zero-order chi connectivity index (χ0) is 20.2. The van der Waals surface area contributed by atoms with Gasteiger partial charge in [-0.3, -0.25) is 4.79 Å². The Labute approximate surface area is 162 Å². The molecule has 1 aromatic rings. The molecule has 2 amide bonds. The van der Waals surface area contributed by atoms with E-state index in [0.29, 0.717) is 19.6 Å². The van der Waals surface area contributed by atoms with Crippen LogP contribution >= 0.6 is 0 Å². The average Bonchev–Trinajstić information content (AvgIpc) is 2.56. The Morgan fingerprint density at radius 1 is 1.22 bits per heavy atom. The number of likely N-dealkylation sites (tertiary alicyclic amines) is 1. The van der Waals surface area contributed by atoms with E-state index in [1.807, 2.05) is 52.9 Å². The highest BCUT2D eigenvalue weighted by Gasteiger charge is 2.38. The molecule has 0 aromatic heterocycles. The molecule has 0 radical (unpaired) electrons. The van der Waals surface area contributed by atoms with Crippen LogP contribution in [-0.4, -0.2) is 55.2 Å². The summed E-state index contributed by atoms with van der Waals surface area (Å²) >= 11 is 0. The van der Waals surface area contributed by atoms with Gasteiger partial charge in [0.25, 0.3) is 0 Å². The Kier molecular flexibility index (Phi) is 6.73. The number of hydrogen-bond donors (Lipinski definition) is 1. The summed E-state index contributed by atoms with van der Waals surface area (Å²) in [5, 5.41) is 3.05. The molecule has 2 atom stereocenters. The first-order valence-electron chi connectivity index (χ1n) is 9.62. The predicted molar refractivity (Wildman–Crippen MR) is 108 cm³/mol. The zero-order valence-corrected chi connectivity index (χ0v) is 17.4. The minimum atomic E-state index is -0.494. The molecule has 1 heterocycles. The lowest BCUT2D eigenvalue weighted by Gasteiger charge is -2.42. The lowest BCUT2D eigenvalue weighted by atomic mass is 9.86. The third-order valence-corrected chi connectivity index (χ3v) is 5.08. The highest BCUT2D eigenvalue weighted by Crippen LogP contribution is 2.26. The molecule has 0 saturated carbocycles. The SMILES string of the molecule is CC(C(=O)NCC(C)N(C)c1ccccc1)C1CN(C(=O)OC(C)(C)C)C1. The molecule has 150 valence electrons. The quantitative estimate of drug-likeness (QED) is 0.830. The maximum atomic E-state index is 12.5. The fourth-order valence-corrected chi connectivity index (χ4v) is 2.98. The van der Waals surface area contributed by atoms with Crippen LogP contribution < -0.4 is 10.2 Å². The maximum Gasteiger partial charge on any atom is 0.410 e. The van der Waals surface area contributed by atoms with Crippen LogP contribution in [0.2, 0.25) is 0 Å². The molecule has 0 aliphatic carbocycles. The van der Waals surface area contributed by atoms with E-state index in [-0.39, 0.29) is 29.9 Å². The largest absolute Gasteiger partial charge is 0.444 e. The van der Waals surface area contributed by atoms with Gasteiger partial charge in [-0.2, -0.15) is 0 Å². The van der Waals surface area contributed by atoms with Crippen molar-refractivity contribution in [2.75, 3.05) is 31.6 Å². The lowest BCUT2D eigenvalue weighted by Crippen LogP contribution is -2.56. The summed E-state index contributed by atoms with van der Waals surface area (Å²) in [6.07, 6.45) is -0.301. The molecule has 1 fully saturated rings. The number of para-hydroxylation sites is 1. The van der Waals surface area contributed by atoms with E-state index in [1.54, 1.807) is 4.90 Å². The monoisotopic (exact) mass is 375 g/mol. The summed E-state index contributed by atoms with van der Waals surface area (Å²) < 4.78 is 5.36. The van der Waals surface area contributed by atoms with Crippen molar-refractivity contribution in [1.82, 2.24) is 10.2 Å². The van der Waals surface area contributed by atoms with Gasteiger partial charge in [-0.25, -0.2) is 4.79 Å². The van der Waals surface area contributed by atoms with Crippen molar-refractivity contribution in [3.05, 3.63) is 30.3 Å². The van der Waals surface area contributed by atoms with E-state index in [2.05, 4.69) is 29.3 Å². The second-order valence-corrected chi connectivity index (χ2v) is 8.47. The molecule has 6 heteroatoms. The van der Waals surface area contributed by atoms with Crippen LogP contribution in [0.3, 0.4) is 0 Å². The van der Waals surface area contributed by atoms with Crippen LogP contribution in [-0.2, 0) is 9.53 Å². The van der Waals surface area contributed by atoms with E-state index in [1.165, 1.54) is 0 Å². The highest BCUT2D eigenvalue weighted by molar-refractivity contribution is 5.79. The van der Waals surface area contributed by atoms with Gasteiger partial charge in [-0.05, 0) is 39.8 Å². The molecule has 1 N–H and O–H groups in total. The maximum absolute atomic E-state index is 12.5. The zero-order valence-electron chi connectivity index (χ0n) is 17.4. The van der Waals surface area contributed by atoms with Crippen molar-refractivity contribution in [1.29, 1.82) is 0 Å². The molecule has 2 unspecified atom stereocenters. The van der Waals surface area contributed by atoms with Crippen LogP contribution in [0.25, 0.3) is 0 Å². The number of rotatable bonds is 6. The van der Waals surface area contributed by atoms with Crippen molar-refractivity contribution in [3.8, 4) is 0 Å². The number of carbonyl (C=O) groups excluding carboxylic acids is 2. The first-order valence-corrected chi connectivity index (χ1v) is 9.62. The summed E-state index contributed by atoms with van der Waals surface area (Å²) in [5.41, 5.74) is 0.630. The molecule has 2 rings (SSSR count). The number of amides is 2. The van der Waals surface area contributed by atoms with Crippen LogP contribution in [0, 0.1) is 11.8 Å². The van der Waals surface area contributed by atoms with Gasteiger partial charge in [0, 0.05) is 50.2 Å². The summed E-state index contributed by atoms with van der Waals surface area (Å²) in [4.78, 5) is 28.3. The van der Waals surface area contributed by atoms with E-state index < -0.39 is 5.60 Å². The molecular formula is C21H33N3O3. The third-order valence-electron chi connectivity index (χ3n) is 5.08. The van der Waals surface area contributed by atoms with Gasteiger partial charge in [-0.1, -0.05) is 25.1 Å². The number of benzene rings is 1. The fraction of sp³-hybridized carbons (Fsp3) is 0.619. The normalized spacial score (nSPS) is 16.9. The van der Waals surface area contributed by atoms with Gasteiger partial charge in [-0.15, -0.1) is 0 Å². The number of likely N-dealkylation sites (N-methyl/N-ethyl adjacent to an activating group) is 1. The van der Waals surface area contributed by atoms with Gasteiger partial charge in [0.2, 0.25) is 5.91 Å². The van der Waals surface area contributed by atoms with E-state index >= 15 is 0 Å². The number of hydrogen-bond acceptors (Lipinski definition) is 4. The van der Waals surface area contributed by atoms with Gasteiger partial charge < -0.3 is 19.9 Å². The Balaban J connectivity index is 1.74. The average molecular weight is 376 g/mol. The summed E-state index contributed by atoms with van der Waals surface area (Å²) in [5.74, 6) is 0.0924. The van der Waals surface area contributed by atoms with Gasteiger partial charge in [0.1, 0.15) is 5.60 Å².